The standard InChI is InChI=1S/C12H17F3N2OS/c1-11(10(16)18,5-3-6-12(13,14)15)17-8-9-4-2-7-19-9/h2,4,7,17H,3,5-6,8H2,1H3,(H2,16,18). The Hall–Kier alpha value is -1.08. The van der Waals surface area contributed by atoms with Crippen LogP contribution in [0, 0.1) is 0 Å². The van der Waals surface area contributed by atoms with Gasteiger partial charge in [0, 0.05) is 17.8 Å². The zero-order valence-corrected chi connectivity index (χ0v) is 11.4. The summed E-state index contributed by atoms with van der Waals surface area (Å²) in [6.45, 7) is 1.96. The Kier molecular flexibility index (Phi) is 5.37. The first-order valence-corrected chi connectivity index (χ1v) is 6.75. The molecule has 0 saturated heterocycles. The highest BCUT2D eigenvalue weighted by Gasteiger charge is 2.33. The van der Waals surface area contributed by atoms with Crippen LogP contribution in [0.5, 0.6) is 0 Å². The van der Waals surface area contributed by atoms with Crippen LogP contribution in [0.25, 0.3) is 0 Å². The van der Waals surface area contributed by atoms with Crippen molar-refractivity contribution in [3.05, 3.63) is 22.4 Å². The molecule has 3 N–H and O–H groups in total. The van der Waals surface area contributed by atoms with Crippen molar-refractivity contribution < 1.29 is 18.0 Å². The summed E-state index contributed by atoms with van der Waals surface area (Å²) in [6, 6.07) is 3.75. The van der Waals surface area contributed by atoms with Gasteiger partial charge >= 0.3 is 6.18 Å². The summed E-state index contributed by atoms with van der Waals surface area (Å²) >= 11 is 1.51. The van der Waals surface area contributed by atoms with E-state index >= 15 is 0 Å². The number of halogens is 3. The van der Waals surface area contributed by atoms with Crippen molar-refractivity contribution in [3.8, 4) is 0 Å². The fraction of sp³-hybridized carbons (Fsp3) is 0.583. The number of primary amides is 1. The van der Waals surface area contributed by atoms with Crippen LogP contribution in [0.4, 0.5) is 13.2 Å². The van der Waals surface area contributed by atoms with E-state index in [9.17, 15) is 18.0 Å². The molecule has 0 aliphatic carbocycles. The topological polar surface area (TPSA) is 55.1 Å². The summed E-state index contributed by atoms with van der Waals surface area (Å²) in [6.07, 6.45) is -5.17. The van der Waals surface area contributed by atoms with E-state index in [1.165, 1.54) is 11.3 Å². The van der Waals surface area contributed by atoms with E-state index in [2.05, 4.69) is 5.32 Å². The van der Waals surface area contributed by atoms with E-state index in [4.69, 9.17) is 5.73 Å². The molecule has 1 aromatic heterocycles. The lowest BCUT2D eigenvalue weighted by Crippen LogP contribution is -2.52. The van der Waals surface area contributed by atoms with Crippen LogP contribution >= 0.6 is 11.3 Å². The molecule has 19 heavy (non-hydrogen) atoms. The molecule has 1 unspecified atom stereocenters. The average Bonchev–Trinajstić information content (AvgIpc) is 2.77. The molecule has 7 heteroatoms. The van der Waals surface area contributed by atoms with E-state index in [1.807, 2.05) is 17.5 Å². The monoisotopic (exact) mass is 294 g/mol. The third-order valence-electron chi connectivity index (χ3n) is 2.91. The summed E-state index contributed by atoms with van der Waals surface area (Å²) < 4.78 is 36.3. The van der Waals surface area contributed by atoms with Crippen molar-refractivity contribution in [3.63, 3.8) is 0 Å². The predicted molar refractivity (Wildman–Crippen MR) is 68.7 cm³/mol. The molecule has 0 spiro atoms. The maximum Gasteiger partial charge on any atom is 0.389 e. The van der Waals surface area contributed by atoms with Crippen molar-refractivity contribution in [2.45, 2.75) is 44.4 Å². The zero-order valence-electron chi connectivity index (χ0n) is 10.6. The van der Waals surface area contributed by atoms with Crippen LogP contribution in [-0.4, -0.2) is 17.6 Å². The van der Waals surface area contributed by atoms with Crippen LogP contribution in [0.1, 0.15) is 31.1 Å². The summed E-state index contributed by atoms with van der Waals surface area (Å²) in [4.78, 5) is 12.4. The molecule has 0 radical (unpaired) electrons. The van der Waals surface area contributed by atoms with Crippen LogP contribution in [0.3, 0.4) is 0 Å². The van der Waals surface area contributed by atoms with Crippen LogP contribution in [0.15, 0.2) is 17.5 Å². The number of nitrogens with one attached hydrogen (secondary N) is 1. The first-order valence-electron chi connectivity index (χ1n) is 5.87. The zero-order chi connectivity index (χ0) is 14.5. The van der Waals surface area contributed by atoms with Gasteiger partial charge in [-0.3, -0.25) is 10.1 Å². The molecule has 0 aliphatic rings. The van der Waals surface area contributed by atoms with Gasteiger partial charge < -0.3 is 5.73 Å². The molecule has 1 rings (SSSR count). The van der Waals surface area contributed by atoms with Crippen molar-refractivity contribution in [1.29, 1.82) is 0 Å². The third-order valence-corrected chi connectivity index (χ3v) is 3.79. The van der Waals surface area contributed by atoms with E-state index in [0.29, 0.717) is 6.54 Å². The minimum Gasteiger partial charge on any atom is -0.368 e. The summed E-state index contributed by atoms with van der Waals surface area (Å²) in [7, 11) is 0. The Balaban J connectivity index is 2.51. The normalized spacial score (nSPS) is 15.2. The van der Waals surface area contributed by atoms with Crippen molar-refractivity contribution in [2.75, 3.05) is 0 Å². The summed E-state index contributed by atoms with van der Waals surface area (Å²) in [5, 5.41) is 4.84. The predicted octanol–water partition coefficient (Wildman–Crippen LogP) is 2.81. The molecule has 0 aromatic carbocycles. The Morgan fingerprint density at radius 2 is 2.11 bits per heavy atom. The molecule has 1 amide bonds. The number of hydrogen-bond acceptors (Lipinski definition) is 3. The minimum atomic E-state index is -4.20. The summed E-state index contributed by atoms with van der Waals surface area (Å²) in [5.74, 6) is -0.633. The third kappa shape index (κ3) is 5.61. The highest BCUT2D eigenvalue weighted by Crippen LogP contribution is 2.25. The molecule has 1 atom stereocenters. The fourth-order valence-corrected chi connectivity index (χ4v) is 2.28. The van der Waals surface area contributed by atoms with Crippen molar-refractivity contribution in [2.24, 2.45) is 5.73 Å². The fourth-order valence-electron chi connectivity index (χ4n) is 1.64. The molecular weight excluding hydrogens is 277 g/mol. The number of rotatable bonds is 7. The Labute approximate surface area is 114 Å². The van der Waals surface area contributed by atoms with E-state index in [-0.39, 0.29) is 12.8 Å². The summed E-state index contributed by atoms with van der Waals surface area (Å²) in [5.41, 5.74) is 4.17. The quantitative estimate of drug-likeness (QED) is 0.812. The van der Waals surface area contributed by atoms with Gasteiger partial charge in [0.05, 0.1) is 5.54 Å². The molecular formula is C12H17F3N2OS. The first-order chi connectivity index (χ1) is 8.73. The molecule has 1 aromatic rings. The van der Waals surface area contributed by atoms with Crippen molar-refractivity contribution in [1.82, 2.24) is 5.32 Å². The number of hydrogen-bond donors (Lipinski definition) is 2. The largest absolute Gasteiger partial charge is 0.389 e. The van der Waals surface area contributed by atoms with Crippen LogP contribution in [0.2, 0.25) is 0 Å². The SMILES string of the molecule is CC(CCCC(F)(F)F)(NCc1cccs1)C(N)=O. The maximum atomic E-state index is 12.1. The minimum absolute atomic E-state index is 0.0627. The smallest absolute Gasteiger partial charge is 0.368 e. The molecule has 0 saturated carbocycles. The Morgan fingerprint density at radius 3 is 2.58 bits per heavy atom. The van der Waals surface area contributed by atoms with Gasteiger partial charge in [-0.15, -0.1) is 11.3 Å². The molecule has 0 bridgehead atoms. The molecule has 1 heterocycles. The van der Waals surface area contributed by atoms with Crippen molar-refractivity contribution >= 4 is 17.2 Å². The van der Waals surface area contributed by atoms with E-state index < -0.39 is 24.0 Å². The number of nitrogens with two attached hydrogens (primary N) is 1. The van der Waals surface area contributed by atoms with E-state index in [1.54, 1.807) is 6.92 Å². The van der Waals surface area contributed by atoms with Gasteiger partial charge in [0.2, 0.25) is 5.91 Å². The van der Waals surface area contributed by atoms with Gasteiger partial charge in [0.25, 0.3) is 0 Å². The lowest BCUT2D eigenvalue weighted by molar-refractivity contribution is -0.138. The second kappa shape index (κ2) is 6.38. The highest BCUT2D eigenvalue weighted by atomic mass is 32.1. The molecule has 108 valence electrons. The van der Waals surface area contributed by atoms with E-state index in [0.717, 1.165) is 4.88 Å². The van der Waals surface area contributed by atoms with Gasteiger partial charge in [-0.25, -0.2) is 0 Å². The average molecular weight is 294 g/mol. The van der Waals surface area contributed by atoms with Gasteiger partial charge in [0.15, 0.2) is 0 Å². The first kappa shape index (κ1) is 16.0. The molecule has 3 nitrogen and oxygen atoms in total. The number of carbonyl (C=O) groups is 1. The van der Waals surface area contributed by atoms with Gasteiger partial charge in [-0.2, -0.15) is 13.2 Å². The number of alkyl halides is 3. The number of amides is 1. The highest BCUT2D eigenvalue weighted by molar-refractivity contribution is 7.09. The van der Waals surface area contributed by atoms with Gasteiger partial charge in [-0.1, -0.05) is 6.07 Å². The molecule has 0 aliphatic heterocycles. The van der Waals surface area contributed by atoms with Crippen LogP contribution < -0.4 is 11.1 Å². The number of carbonyl (C=O) groups excluding carboxylic acids is 1. The lowest BCUT2D eigenvalue weighted by atomic mass is 9.93. The Bertz CT molecular complexity index is 406. The Morgan fingerprint density at radius 1 is 1.42 bits per heavy atom. The second-order valence-corrected chi connectivity index (χ2v) is 5.63. The lowest BCUT2D eigenvalue weighted by Gasteiger charge is -2.27. The number of thiophene rings is 1. The molecule has 0 fully saturated rings. The van der Waals surface area contributed by atoms with Crippen LogP contribution in [-0.2, 0) is 11.3 Å². The van der Waals surface area contributed by atoms with Gasteiger partial charge in [0.1, 0.15) is 0 Å². The van der Waals surface area contributed by atoms with Gasteiger partial charge in [-0.05, 0) is 31.2 Å². The maximum absolute atomic E-state index is 12.1. The second-order valence-electron chi connectivity index (χ2n) is 4.60.